The summed E-state index contributed by atoms with van der Waals surface area (Å²) < 4.78 is 46.9. The van der Waals surface area contributed by atoms with Crippen molar-refractivity contribution < 1.29 is 17.9 Å². The van der Waals surface area contributed by atoms with Gasteiger partial charge in [0, 0.05) is 30.2 Å². The number of ether oxygens (including phenoxy) is 1. The van der Waals surface area contributed by atoms with E-state index in [4.69, 9.17) is 17.4 Å². The molecule has 1 aliphatic carbocycles. The van der Waals surface area contributed by atoms with Crippen LogP contribution < -0.4 is 15.0 Å². The van der Waals surface area contributed by atoms with Gasteiger partial charge in [0.15, 0.2) is 0 Å². The summed E-state index contributed by atoms with van der Waals surface area (Å²) in [5, 5.41) is 3.82. The topological polar surface area (TPSA) is 24.5 Å². The number of alkyl halides is 3. The number of fused-ring (bicyclic) bond motifs is 1. The van der Waals surface area contributed by atoms with Crippen LogP contribution in [0.3, 0.4) is 0 Å². The van der Waals surface area contributed by atoms with Crippen molar-refractivity contribution in [2.75, 3.05) is 11.4 Å². The summed E-state index contributed by atoms with van der Waals surface area (Å²) in [6.45, 7) is 6.88. The molecule has 1 heterocycles. The van der Waals surface area contributed by atoms with Crippen molar-refractivity contribution in [1.82, 2.24) is 5.32 Å². The largest absolute Gasteiger partial charge is 0.460 e. The Morgan fingerprint density at radius 2 is 2.00 bits per heavy atom. The van der Waals surface area contributed by atoms with E-state index in [2.05, 4.69) is 24.1 Å². The number of thiol groups is 1. The third-order valence-corrected chi connectivity index (χ3v) is 7.23. The highest BCUT2D eigenvalue weighted by Crippen LogP contribution is 2.46. The van der Waals surface area contributed by atoms with Gasteiger partial charge in [0.1, 0.15) is 5.75 Å². The molecule has 0 amide bonds. The Balaban J connectivity index is 1.97. The molecular weight excluding hydrogens is 409 g/mol. The van der Waals surface area contributed by atoms with Gasteiger partial charge in [-0.15, -0.1) is 12.6 Å². The zero-order valence-corrected chi connectivity index (χ0v) is 19.2. The Labute approximate surface area is 184 Å². The molecule has 1 N–H and O–H groups in total. The average Bonchev–Trinajstić information content (AvgIpc) is 2.68. The second-order valence-electron chi connectivity index (χ2n) is 9.06. The van der Waals surface area contributed by atoms with E-state index in [-0.39, 0.29) is 29.3 Å². The minimum atomic E-state index is -2.74. The number of hydrogen-bond acceptors (Lipinski definition) is 4. The first-order valence-corrected chi connectivity index (χ1v) is 11.7. The van der Waals surface area contributed by atoms with Gasteiger partial charge in [-0.25, -0.2) is 13.2 Å². The molecule has 1 aromatic carbocycles. The predicted octanol–water partition coefficient (Wildman–Crippen LogP) is 6.64. The molecule has 4 atom stereocenters. The van der Waals surface area contributed by atoms with Crippen molar-refractivity contribution in [1.29, 1.82) is 0 Å². The second kappa shape index (κ2) is 9.60. The quantitative estimate of drug-likeness (QED) is 0.440. The van der Waals surface area contributed by atoms with Crippen molar-refractivity contribution in [3.05, 3.63) is 23.8 Å². The highest BCUT2D eigenvalue weighted by atomic mass is 32.1. The summed E-state index contributed by atoms with van der Waals surface area (Å²) >= 11 is 5.11. The number of nitrogens with one attached hydrogen (secondary N) is 1. The van der Waals surface area contributed by atoms with Gasteiger partial charge in [0.25, 0.3) is 6.43 Å². The molecule has 30 heavy (non-hydrogen) atoms. The molecule has 3 nitrogen and oxygen atoms in total. The van der Waals surface area contributed by atoms with Gasteiger partial charge in [-0.05, 0) is 50.8 Å². The molecule has 0 spiro atoms. The van der Waals surface area contributed by atoms with E-state index < -0.39 is 17.7 Å². The van der Waals surface area contributed by atoms with Crippen LogP contribution in [-0.2, 0) is 0 Å². The van der Waals surface area contributed by atoms with E-state index in [1.54, 1.807) is 6.07 Å². The van der Waals surface area contributed by atoms with Crippen LogP contribution in [0, 0.1) is 0 Å². The minimum absolute atomic E-state index is 0.0745. The second-order valence-corrected chi connectivity index (χ2v) is 9.83. The van der Waals surface area contributed by atoms with Crippen LogP contribution >= 0.6 is 12.6 Å². The number of piperazine rings is 1. The normalized spacial score (nSPS) is 30.3. The van der Waals surface area contributed by atoms with Crippen LogP contribution in [0.4, 0.5) is 18.9 Å². The lowest BCUT2D eigenvalue weighted by Crippen LogP contribution is -2.73. The number of nitrogens with zero attached hydrogens (tertiary/aromatic N) is 1. The van der Waals surface area contributed by atoms with E-state index in [0.717, 1.165) is 38.5 Å². The van der Waals surface area contributed by atoms with Gasteiger partial charge >= 0.3 is 0 Å². The van der Waals surface area contributed by atoms with E-state index >= 15 is 0 Å². The van der Waals surface area contributed by atoms with Crippen molar-refractivity contribution in [3.8, 4) is 5.75 Å². The molecule has 1 saturated heterocycles. The molecule has 2 aliphatic rings. The molecule has 4 unspecified atom stereocenters. The third-order valence-electron chi connectivity index (χ3n) is 6.46. The lowest BCUT2D eigenvalue weighted by molar-refractivity contribution is 0.0525. The van der Waals surface area contributed by atoms with E-state index in [1.165, 1.54) is 12.1 Å². The smallest absolute Gasteiger partial charge is 0.267 e. The van der Waals surface area contributed by atoms with Crippen LogP contribution in [0.15, 0.2) is 18.2 Å². The summed E-state index contributed by atoms with van der Waals surface area (Å²) in [6, 6.07) is 4.93. The highest BCUT2D eigenvalue weighted by Gasteiger charge is 2.50. The zero-order valence-electron chi connectivity index (χ0n) is 18.3. The average molecular weight is 445 g/mol. The first-order chi connectivity index (χ1) is 14.2. The van der Waals surface area contributed by atoms with Gasteiger partial charge in [-0.3, -0.25) is 0 Å². The van der Waals surface area contributed by atoms with E-state index in [0.29, 0.717) is 18.7 Å². The van der Waals surface area contributed by atoms with Gasteiger partial charge in [0.05, 0.1) is 10.4 Å². The van der Waals surface area contributed by atoms with Crippen LogP contribution in [0.1, 0.15) is 84.1 Å². The monoisotopic (exact) mass is 444 g/mol. The number of hydrogen-bond donors (Lipinski definition) is 2. The van der Waals surface area contributed by atoms with Crippen molar-refractivity contribution in [2.24, 2.45) is 0 Å². The number of halogens is 3. The standard InChI is InChI=1S/C23H35F3N2OS/c1-4-8-20(24)29-18-11-10-16(14-17(18)21(25)26)28-15-22(3,12-5-2)27-19-9-6-7-13-23(19,28)30/h10-11,14,19-21,27,30H,4-9,12-13,15H2,1-3H3. The van der Waals surface area contributed by atoms with Gasteiger partial charge in [-0.2, -0.15) is 0 Å². The SMILES string of the molecule is CCCC(F)Oc1ccc(N2CC(C)(CCC)NC3CCCCC32S)cc1C(F)F. The van der Waals surface area contributed by atoms with Crippen LogP contribution in [0.25, 0.3) is 0 Å². The lowest BCUT2D eigenvalue weighted by atomic mass is 9.80. The molecule has 0 radical (unpaired) electrons. The van der Waals surface area contributed by atoms with Crippen molar-refractivity contribution in [3.63, 3.8) is 0 Å². The van der Waals surface area contributed by atoms with Gasteiger partial charge < -0.3 is 15.0 Å². The summed E-state index contributed by atoms with van der Waals surface area (Å²) in [5.74, 6) is -0.0745. The molecular formula is C23H35F3N2OS. The van der Waals surface area contributed by atoms with E-state index in [1.807, 2.05) is 6.92 Å². The fraction of sp³-hybridized carbons (Fsp3) is 0.739. The summed E-state index contributed by atoms with van der Waals surface area (Å²) in [7, 11) is 0. The molecule has 0 aromatic heterocycles. The molecule has 3 rings (SSSR count). The highest BCUT2D eigenvalue weighted by molar-refractivity contribution is 7.82. The molecule has 1 aromatic rings. The first kappa shape index (κ1) is 23.6. The summed E-state index contributed by atoms with van der Waals surface area (Å²) in [4.78, 5) is 1.76. The lowest BCUT2D eigenvalue weighted by Gasteiger charge is -2.59. The summed E-state index contributed by atoms with van der Waals surface area (Å²) in [6.07, 6.45) is 2.58. The van der Waals surface area contributed by atoms with E-state index in [9.17, 15) is 13.2 Å². The zero-order chi connectivity index (χ0) is 21.9. The molecule has 170 valence electrons. The molecule has 1 aliphatic heterocycles. The molecule has 1 saturated carbocycles. The molecule has 7 heteroatoms. The minimum Gasteiger partial charge on any atom is -0.460 e. The van der Waals surface area contributed by atoms with Crippen molar-refractivity contribution >= 4 is 18.3 Å². The Morgan fingerprint density at radius 3 is 2.67 bits per heavy atom. The maximum atomic E-state index is 14.0. The Hall–Kier alpha value is -1.08. The maximum Gasteiger partial charge on any atom is 0.267 e. The predicted molar refractivity (Wildman–Crippen MR) is 120 cm³/mol. The van der Waals surface area contributed by atoms with Crippen molar-refractivity contribution in [2.45, 2.75) is 101 Å². The van der Waals surface area contributed by atoms with Crippen LogP contribution in [0.2, 0.25) is 0 Å². The Bertz CT molecular complexity index is 722. The Kier molecular flexibility index (Phi) is 7.54. The molecule has 2 fully saturated rings. The van der Waals surface area contributed by atoms with Gasteiger partial charge in [-0.1, -0.05) is 33.1 Å². The maximum absolute atomic E-state index is 14.0. The third kappa shape index (κ3) is 4.87. The molecule has 0 bridgehead atoms. The number of rotatable bonds is 8. The van der Waals surface area contributed by atoms with Gasteiger partial charge in [0.2, 0.25) is 6.36 Å². The number of anilines is 1. The summed E-state index contributed by atoms with van der Waals surface area (Å²) in [5.41, 5.74) is 0.328. The Morgan fingerprint density at radius 1 is 1.23 bits per heavy atom. The van der Waals surface area contributed by atoms with Crippen LogP contribution in [0.5, 0.6) is 5.75 Å². The number of benzene rings is 1. The van der Waals surface area contributed by atoms with Crippen LogP contribution in [-0.4, -0.2) is 29.4 Å². The fourth-order valence-electron chi connectivity index (χ4n) is 5.03. The fourth-order valence-corrected chi connectivity index (χ4v) is 5.56. The first-order valence-electron chi connectivity index (χ1n) is 11.2.